The highest BCUT2D eigenvalue weighted by molar-refractivity contribution is 5.78. The Morgan fingerprint density at radius 2 is 2.06 bits per heavy atom. The molecule has 0 aromatic heterocycles. The van der Waals surface area contributed by atoms with Gasteiger partial charge in [0.15, 0.2) is 0 Å². The first kappa shape index (κ1) is 13.5. The van der Waals surface area contributed by atoms with E-state index < -0.39 is 0 Å². The number of hydrogen-bond donors (Lipinski definition) is 1. The molecule has 0 aromatic carbocycles. The van der Waals surface area contributed by atoms with E-state index in [-0.39, 0.29) is 5.91 Å². The standard InChI is InChI=1S/C12H25N3O/c1-4-14(5-2)12(16)9-15-7-6-11(13)8-10(15)3/h10-11H,4-9,13H2,1-3H3. The molecule has 0 radical (unpaired) electrons. The van der Waals surface area contributed by atoms with Crippen LogP contribution in [0.15, 0.2) is 0 Å². The molecule has 1 heterocycles. The van der Waals surface area contributed by atoms with E-state index >= 15 is 0 Å². The Labute approximate surface area is 98.8 Å². The van der Waals surface area contributed by atoms with Crippen LogP contribution in [0.25, 0.3) is 0 Å². The SMILES string of the molecule is CCN(CC)C(=O)CN1CCC(N)CC1C. The van der Waals surface area contributed by atoms with Crippen molar-refractivity contribution in [1.29, 1.82) is 0 Å². The van der Waals surface area contributed by atoms with Crippen LogP contribution in [0, 0.1) is 0 Å². The average Bonchev–Trinajstić information content (AvgIpc) is 2.24. The first-order valence-corrected chi connectivity index (χ1v) is 6.35. The molecule has 2 N–H and O–H groups in total. The fourth-order valence-electron chi connectivity index (χ4n) is 2.34. The van der Waals surface area contributed by atoms with Crippen molar-refractivity contribution in [2.75, 3.05) is 26.2 Å². The van der Waals surface area contributed by atoms with E-state index in [1.807, 2.05) is 18.7 Å². The van der Waals surface area contributed by atoms with Crippen molar-refractivity contribution in [3.63, 3.8) is 0 Å². The van der Waals surface area contributed by atoms with E-state index in [0.717, 1.165) is 32.5 Å². The van der Waals surface area contributed by atoms with E-state index in [4.69, 9.17) is 5.73 Å². The number of amides is 1. The third kappa shape index (κ3) is 3.46. The number of likely N-dealkylation sites (N-methyl/N-ethyl adjacent to an activating group) is 1. The first-order valence-electron chi connectivity index (χ1n) is 6.35. The molecule has 1 saturated heterocycles. The maximum absolute atomic E-state index is 12.0. The van der Waals surface area contributed by atoms with Crippen molar-refractivity contribution in [1.82, 2.24) is 9.80 Å². The van der Waals surface area contributed by atoms with E-state index in [9.17, 15) is 4.79 Å². The fourth-order valence-corrected chi connectivity index (χ4v) is 2.34. The van der Waals surface area contributed by atoms with Gasteiger partial charge in [0.2, 0.25) is 5.91 Å². The van der Waals surface area contributed by atoms with E-state index in [1.54, 1.807) is 0 Å². The number of carbonyl (C=O) groups is 1. The smallest absolute Gasteiger partial charge is 0.236 e. The molecule has 0 aliphatic carbocycles. The topological polar surface area (TPSA) is 49.6 Å². The van der Waals surface area contributed by atoms with Crippen molar-refractivity contribution in [3.8, 4) is 0 Å². The van der Waals surface area contributed by atoms with Gasteiger partial charge in [-0.25, -0.2) is 0 Å². The minimum Gasteiger partial charge on any atom is -0.342 e. The number of carbonyl (C=O) groups excluding carboxylic acids is 1. The summed E-state index contributed by atoms with van der Waals surface area (Å²) in [5.41, 5.74) is 5.91. The second-order valence-electron chi connectivity index (χ2n) is 4.67. The van der Waals surface area contributed by atoms with Crippen LogP contribution in [-0.4, -0.2) is 54.0 Å². The van der Waals surface area contributed by atoms with Gasteiger partial charge in [-0.1, -0.05) is 0 Å². The molecule has 0 bridgehead atoms. The summed E-state index contributed by atoms with van der Waals surface area (Å²) < 4.78 is 0. The Morgan fingerprint density at radius 3 is 2.56 bits per heavy atom. The van der Waals surface area contributed by atoms with Crippen LogP contribution in [0.4, 0.5) is 0 Å². The lowest BCUT2D eigenvalue weighted by molar-refractivity contribution is -0.133. The maximum atomic E-state index is 12.0. The zero-order valence-corrected chi connectivity index (χ0v) is 10.8. The van der Waals surface area contributed by atoms with E-state index in [1.165, 1.54) is 0 Å². The summed E-state index contributed by atoms with van der Waals surface area (Å²) in [6, 6.07) is 0.748. The van der Waals surface area contributed by atoms with Gasteiger partial charge in [-0.15, -0.1) is 0 Å². The van der Waals surface area contributed by atoms with Gasteiger partial charge in [0.25, 0.3) is 0 Å². The molecule has 1 aliphatic rings. The monoisotopic (exact) mass is 227 g/mol. The summed E-state index contributed by atoms with van der Waals surface area (Å²) in [6.07, 6.45) is 2.02. The van der Waals surface area contributed by atoms with Gasteiger partial charge >= 0.3 is 0 Å². The number of piperidine rings is 1. The molecule has 4 heteroatoms. The third-order valence-electron chi connectivity index (χ3n) is 3.51. The lowest BCUT2D eigenvalue weighted by atomic mass is 9.99. The second-order valence-corrected chi connectivity index (χ2v) is 4.67. The van der Waals surface area contributed by atoms with Crippen LogP contribution in [0.2, 0.25) is 0 Å². The predicted molar refractivity (Wildman–Crippen MR) is 66.2 cm³/mol. The minimum absolute atomic E-state index is 0.243. The summed E-state index contributed by atoms with van der Waals surface area (Å²) in [6.45, 7) is 9.32. The summed E-state index contributed by atoms with van der Waals surface area (Å²) in [7, 11) is 0. The summed E-state index contributed by atoms with van der Waals surface area (Å²) in [5.74, 6) is 0.243. The number of nitrogens with zero attached hydrogens (tertiary/aromatic N) is 2. The predicted octanol–water partition coefficient (Wildman–Crippen LogP) is 0.666. The van der Waals surface area contributed by atoms with Crippen LogP contribution in [0.1, 0.15) is 33.6 Å². The normalized spacial score (nSPS) is 26.8. The number of rotatable bonds is 4. The molecule has 16 heavy (non-hydrogen) atoms. The second kappa shape index (κ2) is 6.21. The molecule has 0 spiro atoms. The van der Waals surface area contributed by atoms with Gasteiger partial charge < -0.3 is 10.6 Å². The number of likely N-dealkylation sites (tertiary alicyclic amines) is 1. The Kier molecular flexibility index (Phi) is 5.22. The summed E-state index contributed by atoms with van der Waals surface area (Å²) in [4.78, 5) is 16.1. The molecule has 1 fully saturated rings. The van der Waals surface area contributed by atoms with Crippen molar-refractivity contribution in [2.45, 2.75) is 45.7 Å². The molecular formula is C12H25N3O. The molecule has 2 unspecified atom stereocenters. The molecular weight excluding hydrogens is 202 g/mol. The van der Waals surface area contributed by atoms with Crippen LogP contribution >= 0.6 is 0 Å². The lowest BCUT2D eigenvalue weighted by Crippen LogP contribution is -2.49. The van der Waals surface area contributed by atoms with E-state index in [2.05, 4.69) is 11.8 Å². The van der Waals surface area contributed by atoms with Gasteiger partial charge in [0.05, 0.1) is 6.54 Å². The van der Waals surface area contributed by atoms with Crippen LogP contribution in [0.3, 0.4) is 0 Å². The highest BCUT2D eigenvalue weighted by Gasteiger charge is 2.25. The zero-order valence-electron chi connectivity index (χ0n) is 10.8. The molecule has 1 amide bonds. The Bertz CT molecular complexity index is 228. The van der Waals surface area contributed by atoms with Gasteiger partial charge in [-0.2, -0.15) is 0 Å². The Balaban J connectivity index is 2.44. The lowest BCUT2D eigenvalue weighted by Gasteiger charge is -2.36. The molecule has 0 saturated carbocycles. The number of nitrogens with two attached hydrogens (primary N) is 1. The highest BCUT2D eigenvalue weighted by atomic mass is 16.2. The average molecular weight is 227 g/mol. The largest absolute Gasteiger partial charge is 0.342 e. The van der Waals surface area contributed by atoms with Crippen molar-refractivity contribution in [3.05, 3.63) is 0 Å². The van der Waals surface area contributed by atoms with Gasteiger partial charge in [-0.05, 0) is 33.6 Å². The van der Waals surface area contributed by atoms with Crippen molar-refractivity contribution < 1.29 is 4.79 Å². The minimum atomic E-state index is 0.243. The van der Waals surface area contributed by atoms with Crippen LogP contribution < -0.4 is 5.73 Å². The molecule has 2 atom stereocenters. The highest BCUT2D eigenvalue weighted by Crippen LogP contribution is 2.15. The molecule has 94 valence electrons. The van der Waals surface area contributed by atoms with Crippen LogP contribution in [0.5, 0.6) is 0 Å². The Morgan fingerprint density at radius 1 is 1.44 bits per heavy atom. The third-order valence-corrected chi connectivity index (χ3v) is 3.51. The first-order chi connectivity index (χ1) is 7.58. The molecule has 1 rings (SSSR count). The van der Waals surface area contributed by atoms with Crippen molar-refractivity contribution in [2.24, 2.45) is 5.73 Å². The summed E-state index contributed by atoms with van der Waals surface area (Å²) >= 11 is 0. The molecule has 0 aromatic rings. The zero-order chi connectivity index (χ0) is 12.1. The Hall–Kier alpha value is -0.610. The molecule has 4 nitrogen and oxygen atoms in total. The van der Waals surface area contributed by atoms with Crippen molar-refractivity contribution >= 4 is 5.91 Å². The number of hydrogen-bond acceptors (Lipinski definition) is 3. The van der Waals surface area contributed by atoms with Gasteiger partial charge in [-0.3, -0.25) is 9.69 Å². The van der Waals surface area contributed by atoms with Gasteiger partial charge in [0, 0.05) is 31.7 Å². The quantitative estimate of drug-likeness (QED) is 0.768. The maximum Gasteiger partial charge on any atom is 0.236 e. The fraction of sp³-hybridized carbons (Fsp3) is 0.917. The molecule has 1 aliphatic heterocycles. The van der Waals surface area contributed by atoms with Gasteiger partial charge in [0.1, 0.15) is 0 Å². The van der Waals surface area contributed by atoms with Crippen LogP contribution in [-0.2, 0) is 4.79 Å². The van der Waals surface area contributed by atoms with E-state index in [0.29, 0.717) is 18.6 Å². The summed E-state index contributed by atoms with van der Waals surface area (Å²) in [5, 5.41) is 0.